The molecule has 0 bridgehead atoms. The van der Waals surface area contributed by atoms with Crippen LogP contribution in [0.4, 0.5) is 0 Å². The second kappa shape index (κ2) is 6.80. The first kappa shape index (κ1) is 18.3. The first-order valence-electron chi connectivity index (χ1n) is 8.57. The summed E-state index contributed by atoms with van der Waals surface area (Å²) in [4.78, 5) is 17.9. The summed E-state index contributed by atoms with van der Waals surface area (Å²) < 4.78 is 0.900. The summed E-state index contributed by atoms with van der Waals surface area (Å²) in [5.41, 5.74) is 5.12. The molecule has 2 aromatic carbocycles. The van der Waals surface area contributed by atoms with Crippen molar-refractivity contribution in [1.29, 1.82) is 0 Å². The van der Waals surface area contributed by atoms with E-state index in [0.717, 1.165) is 31.7 Å². The van der Waals surface area contributed by atoms with E-state index in [4.69, 9.17) is 10.1 Å². The van der Waals surface area contributed by atoms with Gasteiger partial charge in [0.1, 0.15) is 5.70 Å². The lowest BCUT2D eigenvalue weighted by Crippen LogP contribution is -2.50. The van der Waals surface area contributed by atoms with Gasteiger partial charge in [-0.3, -0.25) is 15.1 Å². The van der Waals surface area contributed by atoms with Crippen LogP contribution in [-0.4, -0.2) is 22.3 Å². The zero-order valence-electron chi connectivity index (χ0n) is 15.5. The molecule has 0 fully saturated rings. The Kier molecular flexibility index (Phi) is 4.60. The molecule has 0 aliphatic carbocycles. The molecule has 27 heavy (non-hydrogen) atoms. The molecule has 0 aromatic heterocycles. The number of thioether (sulfide) groups is 1. The van der Waals surface area contributed by atoms with E-state index in [2.05, 4.69) is 54.2 Å². The van der Waals surface area contributed by atoms with Gasteiger partial charge in [-0.1, -0.05) is 45.4 Å². The lowest BCUT2D eigenvalue weighted by Gasteiger charge is -2.35. The summed E-state index contributed by atoms with van der Waals surface area (Å²) in [5.74, 6) is -0.156. The Labute approximate surface area is 170 Å². The van der Waals surface area contributed by atoms with Crippen molar-refractivity contribution in [1.82, 2.24) is 10.3 Å². The lowest BCUT2D eigenvalue weighted by molar-refractivity contribution is -0.116. The Morgan fingerprint density at radius 1 is 1.15 bits per heavy atom. The topological polar surface area (TPSA) is 57.1 Å². The van der Waals surface area contributed by atoms with Gasteiger partial charge in [0.25, 0.3) is 5.91 Å². The number of carbonyl (C=O) groups excluding carboxylic acids is 1. The second-order valence-corrected chi connectivity index (χ2v) is 8.44. The molecule has 0 saturated carbocycles. The summed E-state index contributed by atoms with van der Waals surface area (Å²) in [6.07, 6.45) is 1.52. The van der Waals surface area contributed by atoms with Crippen molar-refractivity contribution in [3.8, 4) is 0 Å². The fraction of sp³-hybridized carbons (Fsp3) is 0.250. The van der Waals surface area contributed by atoms with Gasteiger partial charge in [-0.25, -0.2) is 5.01 Å². The molecule has 138 valence electrons. The summed E-state index contributed by atoms with van der Waals surface area (Å²) >= 11 is 4.91. The fourth-order valence-electron chi connectivity index (χ4n) is 3.73. The highest BCUT2D eigenvalue weighted by Crippen LogP contribution is 2.34. The number of hydrazone groups is 1. The van der Waals surface area contributed by atoms with Gasteiger partial charge >= 0.3 is 0 Å². The Bertz CT molecular complexity index is 1100. The molecule has 0 saturated heterocycles. The minimum absolute atomic E-state index is 0.156. The van der Waals surface area contributed by atoms with E-state index in [9.17, 15) is 4.79 Å². The maximum absolute atomic E-state index is 12.9. The molecular formula is C20H19BrN4OS. The highest BCUT2D eigenvalue weighted by atomic mass is 79.9. The standard InChI is InChI=1S/C20H19BrN4OS/c1-10-7-11(2)16(12(3)8-10)18-22-15-6-5-13(21)9-14(15)17-19(26)23-20(27-4)24-25(17)18/h5-9,18H,1-4H3,(H,23,24,26)/t18-/m0/s1. The van der Waals surface area contributed by atoms with Crippen molar-refractivity contribution in [3.05, 3.63) is 67.6 Å². The Balaban J connectivity index is 2.05. The number of nitrogens with zero attached hydrogens (tertiary/aromatic N) is 3. The average molecular weight is 443 g/mol. The van der Waals surface area contributed by atoms with Crippen molar-refractivity contribution < 1.29 is 4.79 Å². The summed E-state index contributed by atoms with van der Waals surface area (Å²) in [6.45, 7) is 6.26. The first-order valence-corrected chi connectivity index (χ1v) is 10.6. The van der Waals surface area contributed by atoms with Gasteiger partial charge in [-0.15, -0.1) is 5.10 Å². The number of amides is 1. The number of nitrogens with one attached hydrogen (secondary N) is 1. The highest BCUT2D eigenvalue weighted by Gasteiger charge is 2.35. The number of rotatable bonds is 1. The summed E-state index contributed by atoms with van der Waals surface area (Å²) in [6, 6.07) is 10.1. The predicted molar refractivity (Wildman–Crippen MR) is 113 cm³/mol. The van der Waals surface area contributed by atoms with Crippen molar-refractivity contribution in [2.24, 2.45) is 10.1 Å². The summed E-state index contributed by atoms with van der Waals surface area (Å²) in [7, 11) is 0. The average Bonchev–Trinajstić information content (AvgIpc) is 2.60. The van der Waals surface area contributed by atoms with Crippen LogP contribution in [0.5, 0.6) is 0 Å². The number of hydrogen-bond donors (Lipinski definition) is 1. The molecular weight excluding hydrogens is 424 g/mol. The van der Waals surface area contributed by atoms with Crippen LogP contribution in [0.15, 0.2) is 44.9 Å². The molecule has 7 heteroatoms. The normalized spacial score (nSPS) is 18.3. The van der Waals surface area contributed by atoms with Crippen molar-refractivity contribution in [2.45, 2.75) is 26.9 Å². The van der Waals surface area contributed by atoms with Gasteiger partial charge < -0.3 is 0 Å². The number of benzene rings is 2. The molecule has 1 atom stereocenters. The van der Waals surface area contributed by atoms with Gasteiger partial charge in [-0.2, -0.15) is 0 Å². The van der Waals surface area contributed by atoms with Crippen LogP contribution in [0.3, 0.4) is 0 Å². The van der Waals surface area contributed by atoms with Crippen molar-refractivity contribution in [3.63, 3.8) is 0 Å². The van der Waals surface area contributed by atoms with E-state index in [-0.39, 0.29) is 12.1 Å². The van der Waals surface area contributed by atoms with E-state index in [1.807, 2.05) is 24.5 Å². The largest absolute Gasteiger partial charge is 0.298 e. The van der Waals surface area contributed by atoms with Gasteiger partial charge in [0.2, 0.25) is 0 Å². The van der Waals surface area contributed by atoms with E-state index in [1.165, 1.54) is 17.3 Å². The van der Waals surface area contributed by atoms with Crippen LogP contribution in [0.25, 0.3) is 5.70 Å². The molecule has 4 rings (SSSR count). The van der Waals surface area contributed by atoms with E-state index in [1.54, 1.807) is 5.01 Å². The molecule has 5 nitrogen and oxygen atoms in total. The van der Waals surface area contributed by atoms with Crippen molar-refractivity contribution in [2.75, 3.05) is 6.26 Å². The third-order valence-electron chi connectivity index (χ3n) is 4.76. The predicted octanol–water partition coefficient (Wildman–Crippen LogP) is 2.88. The molecule has 0 spiro atoms. The second-order valence-electron chi connectivity index (χ2n) is 6.73. The SMILES string of the molecule is CSC1=NN2C(=c3cc(Br)ccc3=N[C@@H]2c2c(C)cc(C)cc2C)C(=O)N1. The number of carbonyl (C=O) groups is 1. The van der Waals surface area contributed by atoms with Crippen LogP contribution in [0, 0.1) is 20.8 Å². The van der Waals surface area contributed by atoms with Gasteiger partial charge in [0.15, 0.2) is 11.3 Å². The zero-order valence-corrected chi connectivity index (χ0v) is 17.9. The van der Waals surface area contributed by atoms with Gasteiger partial charge in [-0.05, 0) is 56.4 Å². The maximum Gasteiger partial charge on any atom is 0.276 e. The minimum Gasteiger partial charge on any atom is -0.298 e. The summed E-state index contributed by atoms with van der Waals surface area (Å²) in [5, 5.41) is 11.5. The van der Waals surface area contributed by atoms with Crippen molar-refractivity contribution >= 4 is 44.5 Å². The molecule has 0 unspecified atom stereocenters. The number of fused-ring (bicyclic) bond motifs is 2. The number of hydrogen-bond acceptors (Lipinski definition) is 5. The van der Waals surface area contributed by atoms with E-state index >= 15 is 0 Å². The highest BCUT2D eigenvalue weighted by molar-refractivity contribution is 9.10. The minimum atomic E-state index is -0.373. The molecule has 2 heterocycles. The molecule has 0 radical (unpaired) electrons. The quantitative estimate of drug-likeness (QED) is 0.738. The van der Waals surface area contributed by atoms with Crippen LogP contribution < -0.4 is 15.9 Å². The Morgan fingerprint density at radius 3 is 2.52 bits per heavy atom. The molecule has 2 aliphatic heterocycles. The number of amidine groups is 1. The molecule has 1 N–H and O–H groups in total. The van der Waals surface area contributed by atoms with E-state index in [0.29, 0.717) is 10.9 Å². The number of halogens is 1. The van der Waals surface area contributed by atoms with Crippen LogP contribution in [0.2, 0.25) is 0 Å². The molecule has 1 amide bonds. The van der Waals surface area contributed by atoms with Gasteiger partial charge in [0.05, 0.1) is 5.36 Å². The van der Waals surface area contributed by atoms with Crippen LogP contribution in [-0.2, 0) is 4.79 Å². The van der Waals surface area contributed by atoms with Gasteiger partial charge in [0, 0.05) is 15.3 Å². The Hall–Kier alpha value is -2.12. The molecule has 2 aliphatic rings. The van der Waals surface area contributed by atoms with Crippen LogP contribution >= 0.6 is 27.7 Å². The van der Waals surface area contributed by atoms with Crippen LogP contribution in [0.1, 0.15) is 28.4 Å². The monoisotopic (exact) mass is 442 g/mol. The third kappa shape index (κ3) is 3.08. The zero-order chi connectivity index (χ0) is 19.3. The Morgan fingerprint density at radius 2 is 1.85 bits per heavy atom. The smallest absolute Gasteiger partial charge is 0.276 e. The first-order chi connectivity index (χ1) is 12.9. The maximum atomic E-state index is 12.9. The lowest BCUT2D eigenvalue weighted by atomic mass is 9.96. The van der Waals surface area contributed by atoms with E-state index < -0.39 is 0 Å². The molecule has 2 aromatic rings. The fourth-order valence-corrected chi connectivity index (χ4v) is 4.46. The third-order valence-corrected chi connectivity index (χ3v) is 5.82. The number of aryl methyl sites for hydroxylation is 3.